The minimum atomic E-state index is -4.26. The van der Waals surface area contributed by atoms with Gasteiger partial charge in [0.25, 0.3) is 0 Å². The first-order chi connectivity index (χ1) is 9.15. The van der Waals surface area contributed by atoms with E-state index < -0.39 is 45.4 Å². The zero-order chi connectivity index (χ0) is 15.8. The van der Waals surface area contributed by atoms with Crippen molar-refractivity contribution in [1.29, 1.82) is 0 Å². The van der Waals surface area contributed by atoms with Gasteiger partial charge in [-0.1, -0.05) is 0 Å². The van der Waals surface area contributed by atoms with Crippen LogP contribution in [0.4, 0.5) is 18.0 Å². The van der Waals surface area contributed by atoms with Crippen LogP contribution in [0.3, 0.4) is 0 Å². The van der Waals surface area contributed by atoms with Gasteiger partial charge in [-0.05, 0) is 0 Å². The van der Waals surface area contributed by atoms with Gasteiger partial charge in [-0.25, -0.2) is 0 Å². The number of nitrogens with one attached hydrogen (secondary N) is 1. The van der Waals surface area contributed by atoms with Gasteiger partial charge in [-0.3, -0.25) is 0 Å². The number of nitrogens with two attached hydrogens (primary N) is 1. The molecule has 0 fully saturated rings. The van der Waals surface area contributed by atoms with Crippen molar-refractivity contribution in [2.45, 2.75) is 37.1 Å². The van der Waals surface area contributed by atoms with Crippen LogP contribution >= 0.6 is 0 Å². The number of imide groups is 1. The Bertz CT molecular complexity index is 352. The molecule has 0 aliphatic heterocycles. The maximum atomic E-state index is 12.0. The summed E-state index contributed by atoms with van der Waals surface area (Å²) in [5.74, 6) is -1.66. The Kier molecular flexibility index (Phi) is 8.48. The number of halogens is 3. The first-order valence-electron chi connectivity index (χ1n) is 5.73. The molecule has 1 unspecified atom stereocenters. The SMILES string of the molecule is NC(=O)NC(=O)[C@@H](CCCCC(F)(F)F)C[As](O)C=O. The fourth-order valence-electron chi connectivity index (χ4n) is 1.51. The molecule has 4 N–H and O–H groups in total. The Morgan fingerprint density at radius 3 is 2.40 bits per heavy atom. The number of hydrogen-bond acceptors (Lipinski definition) is 4. The number of hydrogen-bond donors (Lipinski definition) is 3. The van der Waals surface area contributed by atoms with E-state index in [1.165, 1.54) is 0 Å². The second-order valence-corrected chi connectivity index (χ2v) is 7.19. The van der Waals surface area contributed by atoms with Crippen molar-refractivity contribution in [3.05, 3.63) is 0 Å². The van der Waals surface area contributed by atoms with Crippen molar-refractivity contribution in [2.24, 2.45) is 11.7 Å². The molecule has 0 aromatic rings. The summed E-state index contributed by atoms with van der Waals surface area (Å²) in [5.41, 5.74) is 4.77. The molecule has 20 heavy (non-hydrogen) atoms. The van der Waals surface area contributed by atoms with Crippen LogP contribution in [0.1, 0.15) is 25.7 Å². The third-order valence-electron chi connectivity index (χ3n) is 2.41. The number of primary amides is 1. The van der Waals surface area contributed by atoms with E-state index >= 15 is 0 Å². The molecule has 0 radical (unpaired) electrons. The molecule has 116 valence electrons. The summed E-state index contributed by atoms with van der Waals surface area (Å²) < 4.78 is 45.2. The summed E-state index contributed by atoms with van der Waals surface area (Å²) in [7, 11) is 0. The summed E-state index contributed by atoms with van der Waals surface area (Å²) in [4.78, 5) is 32.5. The van der Waals surface area contributed by atoms with E-state index in [1.807, 2.05) is 0 Å². The molecule has 0 heterocycles. The minimum absolute atomic E-state index is 0.0504. The summed E-state index contributed by atoms with van der Waals surface area (Å²) in [6, 6.07) is -1.08. The molecule has 0 spiro atoms. The molecule has 10 heteroatoms. The van der Waals surface area contributed by atoms with Gasteiger partial charge in [0.05, 0.1) is 0 Å². The Labute approximate surface area is 118 Å². The van der Waals surface area contributed by atoms with Gasteiger partial charge in [0.15, 0.2) is 0 Å². The zero-order valence-electron chi connectivity index (χ0n) is 10.5. The third kappa shape index (κ3) is 9.80. The van der Waals surface area contributed by atoms with E-state index in [-0.39, 0.29) is 24.5 Å². The quantitative estimate of drug-likeness (QED) is 0.336. The predicted molar refractivity (Wildman–Crippen MR) is 65.3 cm³/mol. The molecule has 0 aromatic carbocycles. The van der Waals surface area contributed by atoms with Crippen molar-refractivity contribution in [3.63, 3.8) is 0 Å². The van der Waals surface area contributed by atoms with E-state index in [9.17, 15) is 31.7 Å². The van der Waals surface area contributed by atoms with Crippen LogP contribution in [0.5, 0.6) is 0 Å². The van der Waals surface area contributed by atoms with Crippen LogP contribution in [0.25, 0.3) is 0 Å². The first-order valence-corrected chi connectivity index (χ1v) is 8.98. The molecule has 0 aliphatic rings. The van der Waals surface area contributed by atoms with Crippen LogP contribution in [-0.2, 0) is 9.59 Å². The van der Waals surface area contributed by atoms with E-state index in [4.69, 9.17) is 5.73 Å². The Morgan fingerprint density at radius 1 is 1.35 bits per heavy atom. The maximum absolute atomic E-state index is 12.0. The summed E-state index contributed by atoms with van der Waals surface area (Å²) in [6.07, 6.45) is -5.25. The molecule has 0 aromatic heterocycles. The van der Waals surface area contributed by atoms with Gasteiger partial charge < -0.3 is 0 Å². The number of carbonyl (C=O) groups is 3. The standard InChI is InChI=1S/C10H16AsF3N2O4/c12-10(13,14)4-2-1-3-7(5-11(20)6-17)8(18)16-9(15)19/h6-7,20H,1-5H2,(H3,15,16,18,19)/t7-,11?/m0/s1. The van der Waals surface area contributed by atoms with Crippen LogP contribution in [0, 0.1) is 5.92 Å². The van der Waals surface area contributed by atoms with Crippen molar-refractivity contribution in [1.82, 2.24) is 5.32 Å². The van der Waals surface area contributed by atoms with E-state index in [0.717, 1.165) is 0 Å². The molecule has 6 nitrogen and oxygen atoms in total. The molecule has 0 saturated carbocycles. The number of amides is 3. The average molecular weight is 360 g/mol. The van der Waals surface area contributed by atoms with E-state index in [1.54, 1.807) is 5.32 Å². The van der Waals surface area contributed by atoms with Gasteiger partial charge in [0.2, 0.25) is 0 Å². The second kappa shape index (κ2) is 8.97. The Balaban J connectivity index is 4.34. The fourth-order valence-corrected chi connectivity index (χ4v) is 3.37. The van der Waals surface area contributed by atoms with E-state index in [0.29, 0.717) is 5.07 Å². The second-order valence-electron chi connectivity index (χ2n) is 4.14. The van der Waals surface area contributed by atoms with Crippen LogP contribution in [0.15, 0.2) is 0 Å². The number of unbranched alkanes of at least 4 members (excludes halogenated alkanes) is 1. The van der Waals surface area contributed by atoms with E-state index in [2.05, 4.69) is 0 Å². The van der Waals surface area contributed by atoms with Crippen LogP contribution < -0.4 is 11.1 Å². The summed E-state index contributed by atoms with van der Waals surface area (Å²) >= 11 is -2.81. The Morgan fingerprint density at radius 2 is 1.95 bits per heavy atom. The molecule has 0 saturated heterocycles. The molecule has 0 bridgehead atoms. The number of urea groups is 1. The van der Waals surface area contributed by atoms with Gasteiger partial charge >= 0.3 is 118 Å². The third-order valence-corrected chi connectivity index (χ3v) is 4.63. The predicted octanol–water partition coefficient (Wildman–Crippen LogP) is 0.676. The molecule has 0 aliphatic carbocycles. The molecular formula is C10H16AsF3N2O4. The fraction of sp³-hybridized carbons (Fsp3) is 0.700. The summed E-state index contributed by atoms with van der Waals surface area (Å²) in [6.45, 7) is 0. The van der Waals surface area contributed by atoms with Crippen LogP contribution in [0.2, 0.25) is 5.21 Å². The normalized spacial score (nSPS) is 14.4. The average Bonchev–Trinajstić information content (AvgIpc) is 2.30. The van der Waals surface area contributed by atoms with Crippen molar-refractivity contribution >= 4 is 32.0 Å². The molecular weight excluding hydrogens is 344 g/mol. The Hall–Kier alpha value is -1.08. The number of alkyl halides is 3. The van der Waals surface area contributed by atoms with Gasteiger partial charge in [-0.2, -0.15) is 0 Å². The molecule has 0 rings (SSSR count). The molecule has 3 amide bonds. The monoisotopic (exact) mass is 360 g/mol. The van der Waals surface area contributed by atoms with Crippen LogP contribution in [-0.4, -0.2) is 42.3 Å². The van der Waals surface area contributed by atoms with Crippen molar-refractivity contribution in [2.75, 3.05) is 0 Å². The summed E-state index contributed by atoms with van der Waals surface area (Å²) in [5, 5.41) is 2.03. The zero-order valence-corrected chi connectivity index (χ0v) is 12.4. The number of rotatable bonds is 8. The first kappa shape index (κ1) is 18.9. The van der Waals surface area contributed by atoms with Gasteiger partial charge in [0.1, 0.15) is 0 Å². The van der Waals surface area contributed by atoms with Gasteiger partial charge in [0, 0.05) is 0 Å². The van der Waals surface area contributed by atoms with Crippen molar-refractivity contribution < 1.29 is 31.7 Å². The van der Waals surface area contributed by atoms with Gasteiger partial charge in [-0.15, -0.1) is 0 Å². The van der Waals surface area contributed by atoms with Crippen molar-refractivity contribution in [3.8, 4) is 0 Å². The molecule has 2 atom stereocenters. The number of carbonyl (C=O) groups excluding carboxylic acids is 3. The topological polar surface area (TPSA) is 109 Å².